The zero-order valence-electron chi connectivity index (χ0n) is 12.0. The molecule has 0 aliphatic carbocycles. The molecule has 3 N–H and O–H groups in total. The molecular formula is C15H18N2O4. The van der Waals surface area contributed by atoms with Crippen LogP contribution < -0.4 is 21.4 Å². The first kappa shape index (κ1) is 15.1. The molecule has 1 aromatic carbocycles. The van der Waals surface area contributed by atoms with Crippen LogP contribution in [-0.2, 0) is 4.79 Å². The number of carbonyl (C=O) groups excluding carboxylic acids is 1. The van der Waals surface area contributed by atoms with E-state index >= 15 is 0 Å². The first-order valence-corrected chi connectivity index (χ1v) is 6.57. The summed E-state index contributed by atoms with van der Waals surface area (Å²) in [5.41, 5.74) is 5.06. The van der Waals surface area contributed by atoms with E-state index in [0.717, 1.165) is 5.39 Å². The zero-order valence-corrected chi connectivity index (χ0v) is 12.0. The van der Waals surface area contributed by atoms with Gasteiger partial charge in [-0.3, -0.25) is 4.79 Å². The van der Waals surface area contributed by atoms with Crippen molar-refractivity contribution in [2.24, 2.45) is 5.73 Å². The van der Waals surface area contributed by atoms with Gasteiger partial charge in [-0.1, -0.05) is 0 Å². The van der Waals surface area contributed by atoms with E-state index in [-0.39, 0.29) is 12.5 Å². The van der Waals surface area contributed by atoms with Crippen LogP contribution in [0.2, 0.25) is 0 Å². The van der Waals surface area contributed by atoms with E-state index in [1.54, 1.807) is 24.3 Å². The van der Waals surface area contributed by atoms with Crippen molar-refractivity contribution in [2.75, 3.05) is 13.2 Å². The predicted molar refractivity (Wildman–Crippen MR) is 79.3 cm³/mol. The van der Waals surface area contributed by atoms with Crippen LogP contribution in [0.1, 0.15) is 13.8 Å². The molecule has 0 aliphatic heterocycles. The minimum Gasteiger partial charge on any atom is -0.484 e. The van der Waals surface area contributed by atoms with Crippen molar-refractivity contribution in [1.82, 2.24) is 5.32 Å². The Balaban J connectivity index is 2.03. The molecule has 1 amide bonds. The Hall–Kier alpha value is -2.34. The van der Waals surface area contributed by atoms with E-state index in [2.05, 4.69) is 5.32 Å². The maximum absolute atomic E-state index is 11.7. The van der Waals surface area contributed by atoms with Gasteiger partial charge in [-0.2, -0.15) is 0 Å². The summed E-state index contributed by atoms with van der Waals surface area (Å²) in [5.74, 6) is 0.192. The van der Waals surface area contributed by atoms with Crippen molar-refractivity contribution < 1.29 is 13.9 Å². The SMILES string of the molecule is CC(C)(CN)NC(=O)COc1ccc2ccc(=O)oc2c1. The van der Waals surface area contributed by atoms with Crippen molar-refractivity contribution >= 4 is 16.9 Å². The number of hydrogen-bond acceptors (Lipinski definition) is 5. The second kappa shape index (κ2) is 5.97. The Labute approximate surface area is 121 Å². The largest absolute Gasteiger partial charge is 0.484 e. The smallest absolute Gasteiger partial charge is 0.336 e. The van der Waals surface area contributed by atoms with Crippen LogP contribution in [0.25, 0.3) is 11.0 Å². The highest BCUT2D eigenvalue weighted by molar-refractivity contribution is 5.79. The average Bonchev–Trinajstić information content (AvgIpc) is 2.44. The quantitative estimate of drug-likeness (QED) is 0.802. The van der Waals surface area contributed by atoms with E-state index in [1.807, 2.05) is 13.8 Å². The number of carbonyl (C=O) groups is 1. The number of ether oxygens (including phenoxy) is 1. The highest BCUT2D eigenvalue weighted by atomic mass is 16.5. The fourth-order valence-corrected chi connectivity index (χ4v) is 1.74. The maximum atomic E-state index is 11.7. The molecule has 6 nitrogen and oxygen atoms in total. The monoisotopic (exact) mass is 290 g/mol. The second-order valence-corrected chi connectivity index (χ2v) is 5.38. The summed E-state index contributed by atoms with van der Waals surface area (Å²) in [6, 6.07) is 8.07. The molecule has 0 saturated carbocycles. The number of nitrogens with one attached hydrogen (secondary N) is 1. The predicted octanol–water partition coefficient (Wildman–Crippen LogP) is 1.03. The van der Waals surface area contributed by atoms with Gasteiger partial charge in [0.2, 0.25) is 0 Å². The summed E-state index contributed by atoms with van der Waals surface area (Å²) >= 11 is 0. The van der Waals surface area contributed by atoms with E-state index in [0.29, 0.717) is 17.9 Å². The lowest BCUT2D eigenvalue weighted by molar-refractivity contribution is -0.124. The minimum absolute atomic E-state index is 0.133. The highest BCUT2D eigenvalue weighted by Gasteiger charge is 2.18. The summed E-state index contributed by atoms with van der Waals surface area (Å²) in [6.07, 6.45) is 0. The third-order valence-corrected chi connectivity index (χ3v) is 2.95. The van der Waals surface area contributed by atoms with Gasteiger partial charge in [0, 0.05) is 29.6 Å². The Morgan fingerprint density at radius 3 is 2.76 bits per heavy atom. The van der Waals surface area contributed by atoms with E-state index in [9.17, 15) is 9.59 Å². The Bertz CT molecular complexity index is 706. The standard InChI is InChI=1S/C15H18N2O4/c1-15(2,9-16)17-13(18)8-20-11-5-3-10-4-6-14(19)21-12(10)7-11/h3-7H,8-9,16H2,1-2H3,(H,17,18). The molecular weight excluding hydrogens is 272 g/mol. The van der Waals surface area contributed by atoms with Crippen molar-refractivity contribution in [3.05, 3.63) is 40.8 Å². The fourth-order valence-electron chi connectivity index (χ4n) is 1.74. The van der Waals surface area contributed by atoms with Gasteiger partial charge >= 0.3 is 5.63 Å². The summed E-state index contributed by atoms with van der Waals surface area (Å²) in [4.78, 5) is 22.9. The molecule has 0 radical (unpaired) electrons. The van der Waals surface area contributed by atoms with Gasteiger partial charge < -0.3 is 20.2 Å². The number of amides is 1. The molecule has 1 aromatic heterocycles. The topological polar surface area (TPSA) is 94.6 Å². The molecule has 2 aromatic rings. The van der Waals surface area contributed by atoms with Crippen molar-refractivity contribution in [1.29, 1.82) is 0 Å². The molecule has 0 unspecified atom stereocenters. The number of rotatable bonds is 5. The molecule has 0 bridgehead atoms. The molecule has 2 rings (SSSR count). The average molecular weight is 290 g/mol. The molecule has 1 heterocycles. The molecule has 0 aliphatic rings. The lowest BCUT2D eigenvalue weighted by Gasteiger charge is -2.24. The van der Waals surface area contributed by atoms with Crippen molar-refractivity contribution in [3.63, 3.8) is 0 Å². The van der Waals surface area contributed by atoms with Crippen LogP contribution in [0.4, 0.5) is 0 Å². The van der Waals surface area contributed by atoms with Crippen LogP contribution in [0.5, 0.6) is 5.75 Å². The molecule has 0 atom stereocenters. The summed E-state index contributed by atoms with van der Waals surface area (Å²) in [7, 11) is 0. The van der Waals surface area contributed by atoms with Crippen molar-refractivity contribution in [3.8, 4) is 5.75 Å². The summed E-state index contributed by atoms with van der Waals surface area (Å²) < 4.78 is 10.4. The first-order valence-electron chi connectivity index (χ1n) is 6.57. The van der Waals surface area contributed by atoms with Gasteiger partial charge in [-0.15, -0.1) is 0 Å². The number of fused-ring (bicyclic) bond motifs is 1. The molecule has 0 spiro atoms. The van der Waals surface area contributed by atoms with Gasteiger partial charge in [0.05, 0.1) is 0 Å². The van der Waals surface area contributed by atoms with Gasteiger partial charge in [0.15, 0.2) is 6.61 Å². The molecule has 0 fully saturated rings. The first-order chi connectivity index (χ1) is 9.89. The van der Waals surface area contributed by atoms with Crippen molar-refractivity contribution in [2.45, 2.75) is 19.4 Å². The van der Waals surface area contributed by atoms with Crippen LogP contribution in [-0.4, -0.2) is 24.6 Å². The van der Waals surface area contributed by atoms with Crippen LogP contribution >= 0.6 is 0 Å². The van der Waals surface area contributed by atoms with Gasteiger partial charge in [-0.25, -0.2) is 4.79 Å². The highest BCUT2D eigenvalue weighted by Crippen LogP contribution is 2.19. The maximum Gasteiger partial charge on any atom is 0.336 e. The number of hydrogen-bond donors (Lipinski definition) is 2. The van der Waals surface area contributed by atoms with Crippen LogP contribution in [0, 0.1) is 0 Å². The third-order valence-electron chi connectivity index (χ3n) is 2.95. The van der Waals surface area contributed by atoms with Crippen LogP contribution in [0.15, 0.2) is 39.5 Å². The fraction of sp³-hybridized carbons (Fsp3) is 0.333. The molecule has 6 heteroatoms. The Kier molecular flexibility index (Phi) is 4.28. The summed E-state index contributed by atoms with van der Waals surface area (Å²) in [5, 5.41) is 3.55. The zero-order chi connectivity index (χ0) is 15.5. The van der Waals surface area contributed by atoms with E-state index < -0.39 is 11.2 Å². The molecule has 0 saturated heterocycles. The van der Waals surface area contributed by atoms with E-state index in [1.165, 1.54) is 6.07 Å². The lowest BCUT2D eigenvalue weighted by Crippen LogP contribution is -2.50. The van der Waals surface area contributed by atoms with E-state index in [4.69, 9.17) is 14.9 Å². The Morgan fingerprint density at radius 2 is 2.05 bits per heavy atom. The minimum atomic E-state index is -0.476. The molecule has 21 heavy (non-hydrogen) atoms. The Morgan fingerprint density at radius 1 is 1.33 bits per heavy atom. The number of nitrogens with two attached hydrogens (primary N) is 1. The summed E-state index contributed by atoms with van der Waals surface area (Å²) in [6.45, 7) is 3.86. The lowest BCUT2D eigenvalue weighted by atomic mass is 10.1. The second-order valence-electron chi connectivity index (χ2n) is 5.38. The molecule has 112 valence electrons. The van der Waals surface area contributed by atoms with Gasteiger partial charge in [0.25, 0.3) is 5.91 Å². The normalized spacial score (nSPS) is 11.4. The number of benzene rings is 1. The van der Waals surface area contributed by atoms with Gasteiger partial charge in [-0.05, 0) is 32.0 Å². The van der Waals surface area contributed by atoms with Gasteiger partial charge in [0.1, 0.15) is 11.3 Å². The third kappa shape index (κ3) is 4.06. The van der Waals surface area contributed by atoms with Crippen LogP contribution in [0.3, 0.4) is 0 Å².